The largest absolute Gasteiger partial charge is 0.481 e. The highest BCUT2D eigenvalue weighted by molar-refractivity contribution is 5.81. The Labute approximate surface area is 127 Å². The summed E-state index contributed by atoms with van der Waals surface area (Å²) in [5.41, 5.74) is 1.28. The number of piperazine rings is 1. The first-order chi connectivity index (χ1) is 9.88. The van der Waals surface area contributed by atoms with E-state index in [-0.39, 0.29) is 11.3 Å². The number of benzene rings is 1. The third-order valence-electron chi connectivity index (χ3n) is 3.79. The smallest absolute Gasteiger partial charge is 0.263 e. The third-order valence-corrected chi connectivity index (χ3v) is 3.79. The predicted octanol–water partition coefficient (Wildman–Crippen LogP) is 2.18. The van der Waals surface area contributed by atoms with Crippen LogP contribution in [0.5, 0.6) is 5.75 Å². The lowest BCUT2D eigenvalue weighted by Gasteiger charge is -2.30. The van der Waals surface area contributed by atoms with Gasteiger partial charge in [-0.15, -0.1) is 0 Å². The zero-order valence-electron chi connectivity index (χ0n) is 13.5. The first-order valence-electron chi connectivity index (χ1n) is 7.64. The molecule has 116 valence electrons. The molecule has 0 bridgehead atoms. The molecule has 0 aromatic heterocycles. The molecule has 1 aliphatic heterocycles. The van der Waals surface area contributed by atoms with Crippen molar-refractivity contribution in [3.8, 4) is 5.75 Å². The Morgan fingerprint density at radius 1 is 1.29 bits per heavy atom. The number of hydrogen-bond acceptors (Lipinski definition) is 3. The number of hydrogen-bond donors (Lipinski definition) is 1. The van der Waals surface area contributed by atoms with Crippen LogP contribution in [0, 0.1) is 0 Å². The molecule has 1 N–H and O–H groups in total. The molecule has 1 aliphatic rings. The Kier molecular flexibility index (Phi) is 4.88. The van der Waals surface area contributed by atoms with E-state index in [0.29, 0.717) is 0 Å². The van der Waals surface area contributed by atoms with Crippen molar-refractivity contribution in [1.29, 1.82) is 0 Å². The average molecular weight is 290 g/mol. The van der Waals surface area contributed by atoms with Crippen LogP contribution in [0.25, 0.3) is 0 Å². The molecule has 1 aromatic rings. The minimum absolute atomic E-state index is 0.0673. The molecule has 2 rings (SSSR count). The summed E-state index contributed by atoms with van der Waals surface area (Å²) < 4.78 is 5.85. The molecule has 0 radical (unpaired) electrons. The Hall–Kier alpha value is -1.55. The van der Waals surface area contributed by atoms with Gasteiger partial charge in [0.05, 0.1) is 0 Å². The number of ether oxygens (including phenoxy) is 1. The Morgan fingerprint density at radius 2 is 1.95 bits per heavy atom. The van der Waals surface area contributed by atoms with E-state index in [0.717, 1.165) is 31.9 Å². The van der Waals surface area contributed by atoms with Gasteiger partial charge in [0.15, 0.2) is 6.10 Å². The molecule has 0 saturated carbocycles. The Bertz CT molecular complexity index is 488. The number of amides is 1. The van der Waals surface area contributed by atoms with Crippen molar-refractivity contribution in [2.45, 2.75) is 39.2 Å². The highest BCUT2D eigenvalue weighted by Crippen LogP contribution is 2.26. The van der Waals surface area contributed by atoms with Crippen LogP contribution in [0.4, 0.5) is 0 Å². The van der Waals surface area contributed by atoms with Gasteiger partial charge in [-0.05, 0) is 30.0 Å². The van der Waals surface area contributed by atoms with Crippen LogP contribution in [0.3, 0.4) is 0 Å². The number of nitrogens with zero attached hydrogens (tertiary/aromatic N) is 1. The lowest BCUT2D eigenvalue weighted by Crippen LogP contribution is -2.50. The topological polar surface area (TPSA) is 41.6 Å². The molecule has 1 saturated heterocycles. The van der Waals surface area contributed by atoms with Crippen molar-refractivity contribution in [2.24, 2.45) is 0 Å². The van der Waals surface area contributed by atoms with Crippen molar-refractivity contribution in [1.82, 2.24) is 10.2 Å². The number of carbonyl (C=O) groups excluding carboxylic acids is 1. The van der Waals surface area contributed by atoms with E-state index >= 15 is 0 Å². The summed E-state index contributed by atoms with van der Waals surface area (Å²) in [4.78, 5) is 14.2. The molecule has 21 heavy (non-hydrogen) atoms. The summed E-state index contributed by atoms with van der Waals surface area (Å²) in [6.45, 7) is 11.6. The highest BCUT2D eigenvalue weighted by Gasteiger charge is 2.23. The third kappa shape index (κ3) is 4.21. The van der Waals surface area contributed by atoms with Gasteiger partial charge in [0, 0.05) is 26.2 Å². The zero-order chi connectivity index (χ0) is 15.5. The minimum Gasteiger partial charge on any atom is -0.481 e. The maximum Gasteiger partial charge on any atom is 0.263 e. The van der Waals surface area contributed by atoms with Crippen LogP contribution >= 0.6 is 0 Å². The van der Waals surface area contributed by atoms with Crippen LogP contribution in [0.1, 0.15) is 33.3 Å². The van der Waals surface area contributed by atoms with Gasteiger partial charge in [-0.2, -0.15) is 0 Å². The van der Waals surface area contributed by atoms with Crippen LogP contribution < -0.4 is 10.1 Å². The number of nitrogens with one attached hydrogen (secondary N) is 1. The zero-order valence-corrected chi connectivity index (χ0v) is 13.5. The fourth-order valence-electron chi connectivity index (χ4n) is 2.43. The summed E-state index contributed by atoms with van der Waals surface area (Å²) >= 11 is 0. The van der Waals surface area contributed by atoms with Gasteiger partial charge in [0.2, 0.25) is 0 Å². The van der Waals surface area contributed by atoms with Gasteiger partial charge in [0.25, 0.3) is 5.91 Å². The summed E-state index contributed by atoms with van der Waals surface area (Å²) in [5, 5.41) is 3.25. The van der Waals surface area contributed by atoms with E-state index in [4.69, 9.17) is 4.74 Å². The molecular weight excluding hydrogens is 264 g/mol. The molecular formula is C17H26N2O2. The second-order valence-corrected chi connectivity index (χ2v) is 6.61. The van der Waals surface area contributed by atoms with Crippen molar-refractivity contribution >= 4 is 5.91 Å². The molecule has 0 spiro atoms. The van der Waals surface area contributed by atoms with E-state index in [1.165, 1.54) is 5.56 Å². The van der Waals surface area contributed by atoms with Gasteiger partial charge >= 0.3 is 0 Å². The summed E-state index contributed by atoms with van der Waals surface area (Å²) in [5.74, 6) is 0.830. The van der Waals surface area contributed by atoms with Crippen LogP contribution in [-0.2, 0) is 10.2 Å². The van der Waals surface area contributed by atoms with Crippen LogP contribution in [-0.4, -0.2) is 43.1 Å². The van der Waals surface area contributed by atoms with Gasteiger partial charge in [-0.3, -0.25) is 4.79 Å². The Balaban J connectivity index is 2.02. The van der Waals surface area contributed by atoms with Crippen molar-refractivity contribution in [3.05, 3.63) is 29.8 Å². The molecule has 0 aliphatic carbocycles. The molecule has 1 unspecified atom stereocenters. The summed E-state index contributed by atoms with van der Waals surface area (Å²) in [7, 11) is 0. The molecule has 1 atom stereocenters. The van der Waals surface area contributed by atoms with Gasteiger partial charge in [0.1, 0.15) is 5.75 Å². The first kappa shape index (κ1) is 15.8. The SMILES string of the molecule is CC(Oc1cccc(C(C)(C)C)c1)C(=O)N1CCNCC1. The maximum absolute atomic E-state index is 12.4. The standard InChI is InChI=1S/C17H26N2O2/c1-13(16(20)19-10-8-18-9-11-19)21-15-7-5-6-14(12-15)17(2,3)4/h5-7,12-13,18H,8-11H2,1-4H3. The van der Waals surface area contributed by atoms with Gasteiger partial charge in [-0.25, -0.2) is 0 Å². The second kappa shape index (κ2) is 6.48. The fourth-order valence-corrected chi connectivity index (χ4v) is 2.43. The molecule has 1 aromatic carbocycles. The maximum atomic E-state index is 12.4. The molecule has 1 fully saturated rings. The quantitative estimate of drug-likeness (QED) is 0.928. The van der Waals surface area contributed by atoms with E-state index in [1.54, 1.807) is 0 Å². The van der Waals surface area contributed by atoms with Crippen LogP contribution in [0.2, 0.25) is 0 Å². The van der Waals surface area contributed by atoms with Gasteiger partial charge in [-0.1, -0.05) is 32.9 Å². The highest BCUT2D eigenvalue weighted by atomic mass is 16.5. The lowest BCUT2D eigenvalue weighted by molar-refractivity contribution is -0.138. The second-order valence-electron chi connectivity index (χ2n) is 6.61. The summed E-state index contributed by atoms with van der Waals surface area (Å²) in [6.07, 6.45) is -0.446. The van der Waals surface area contributed by atoms with Crippen molar-refractivity contribution in [3.63, 3.8) is 0 Å². The minimum atomic E-state index is -0.446. The van der Waals surface area contributed by atoms with Crippen molar-refractivity contribution in [2.75, 3.05) is 26.2 Å². The van der Waals surface area contributed by atoms with Crippen molar-refractivity contribution < 1.29 is 9.53 Å². The molecule has 1 heterocycles. The predicted molar refractivity (Wildman–Crippen MR) is 84.7 cm³/mol. The van der Waals surface area contributed by atoms with E-state index < -0.39 is 6.10 Å². The monoisotopic (exact) mass is 290 g/mol. The fraction of sp³-hybridized carbons (Fsp3) is 0.588. The normalized spacial score (nSPS) is 17.4. The Morgan fingerprint density at radius 3 is 2.57 bits per heavy atom. The van der Waals surface area contributed by atoms with Gasteiger partial charge < -0.3 is 15.0 Å². The first-order valence-corrected chi connectivity index (χ1v) is 7.64. The van der Waals surface area contributed by atoms with Crippen LogP contribution in [0.15, 0.2) is 24.3 Å². The van der Waals surface area contributed by atoms with E-state index in [1.807, 2.05) is 30.0 Å². The lowest BCUT2D eigenvalue weighted by atomic mass is 9.87. The molecule has 4 nitrogen and oxygen atoms in total. The number of rotatable bonds is 3. The van der Waals surface area contributed by atoms with E-state index in [2.05, 4.69) is 32.2 Å². The number of carbonyl (C=O) groups is 1. The average Bonchev–Trinajstić information content (AvgIpc) is 2.47. The summed E-state index contributed by atoms with van der Waals surface area (Å²) in [6, 6.07) is 8.02. The molecule has 4 heteroatoms. The molecule has 1 amide bonds. The van der Waals surface area contributed by atoms with E-state index in [9.17, 15) is 4.79 Å².